The van der Waals surface area contributed by atoms with E-state index in [1.165, 1.54) is 36.4 Å². The molecule has 2 aromatic carbocycles. The van der Waals surface area contributed by atoms with Gasteiger partial charge in [-0.1, -0.05) is 35.3 Å². The van der Waals surface area contributed by atoms with Crippen molar-refractivity contribution >= 4 is 39.0 Å². The van der Waals surface area contributed by atoms with Crippen LogP contribution in [0, 0.1) is 17.0 Å². The Balaban J connectivity index is 2.53. The van der Waals surface area contributed by atoms with Crippen LogP contribution in [0.3, 0.4) is 0 Å². The fourth-order valence-corrected chi connectivity index (χ4v) is 3.76. The Labute approximate surface area is 136 Å². The topological polar surface area (TPSA) is 86.5 Å². The van der Waals surface area contributed by atoms with Crippen molar-refractivity contribution in [2.75, 3.05) is 0 Å². The molecule has 0 fully saturated rings. The Kier molecular flexibility index (Phi) is 4.60. The van der Waals surface area contributed by atoms with Crippen molar-refractivity contribution in [3.63, 3.8) is 0 Å². The second-order valence-electron chi connectivity index (χ2n) is 4.32. The van der Waals surface area contributed by atoms with Gasteiger partial charge < -0.3 is 4.18 Å². The molecule has 0 N–H and O–H groups in total. The van der Waals surface area contributed by atoms with Gasteiger partial charge in [0.2, 0.25) is 5.75 Å². The molecule has 0 spiro atoms. The predicted molar refractivity (Wildman–Crippen MR) is 82.1 cm³/mol. The van der Waals surface area contributed by atoms with Crippen molar-refractivity contribution in [3.8, 4) is 5.75 Å². The Morgan fingerprint density at radius 1 is 1.14 bits per heavy atom. The SMILES string of the molecule is Cc1ccc(OS(=O)(=O)c2c(Cl)cccc2Cl)c([N+](=O)[O-])c1. The number of hydrogen-bond donors (Lipinski definition) is 0. The van der Waals surface area contributed by atoms with Gasteiger partial charge in [-0.3, -0.25) is 10.1 Å². The molecular formula is C13H9Cl2NO5S. The first-order chi connectivity index (χ1) is 10.2. The lowest BCUT2D eigenvalue weighted by Crippen LogP contribution is -2.12. The van der Waals surface area contributed by atoms with Crippen LogP contribution >= 0.6 is 23.2 Å². The molecule has 0 radical (unpaired) electrons. The quantitative estimate of drug-likeness (QED) is 0.467. The summed E-state index contributed by atoms with van der Waals surface area (Å²) in [6.45, 7) is 1.64. The number of nitro benzene ring substituents is 1. The van der Waals surface area contributed by atoms with Crippen LogP contribution in [0.25, 0.3) is 0 Å². The van der Waals surface area contributed by atoms with Crippen LogP contribution in [-0.4, -0.2) is 13.3 Å². The molecule has 0 aromatic heterocycles. The highest BCUT2D eigenvalue weighted by molar-refractivity contribution is 7.87. The molecule has 2 rings (SSSR count). The average molecular weight is 362 g/mol. The first-order valence-electron chi connectivity index (χ1n) is 5.86. The summed E-state index contributed by atoms with van der Waals surface area (Å²) < 4.78 is 29.4. The van der Waals surface area contributed by atoms with E-state index in [0.29, 0.717) is 5.56 Å². The third-order valence-corrected chi connectivity index (χ3v) is 4.87. The zero-order valence-electron chi connectivity index (χ0n) is 11.1. The summed E-state index contributed by atoms with van der Waals surface area (Å²) in [5.74, 6) is -0.411. The molecule has 116 valence electrons. The van der Waals surface area contributed by atoms with Crippen LogP contribution in [0.5, 0.6) is 5.75 Å². The van der Waals surface area contributed by atoms with Gasteiger partial charge in [0.25, 0.3) is 0 Å². The van der Waals surface area contributed by atoms with Crippen molar-refractivity contribution < 1.29 is 17.5 Å². The molecule has 0 bridgehead atoms. The number of rotatable bonds is 4. The molecule has 0 amide bonds. The van der Waals surface area contributed by atoms with Crippen molar-refractivity contribution in [2.45, 2.75) is 11.8 Å². The molecule has 0 heterocycles. The number of hydrogen-bond acceptors (Lipinski definition) is 5. The molecule has 0 aliphatic carbocycles. The van der Waals surface area contributed by atoms with E-state index in [9.17, 15) is 18.5 Å². The van der Waals surface area contributed by atoms with E-state index in [4.69, 9.17) is 27.4 Å². The highest BCUT2D eigenvalue weighted by Gasteiger charge is 2.27. The van der Waals surface area contributed by atoms with E-state index in [0.717, 1.165) is 0 Å². The summed E-state index contributed by atoms with van der Waals surface area (Å²) in [5.41, 5.74) is 0.124. The second-order valence-corrected chi connectivity index (χ2v) is 6.61. The lowest BCUT2D eigenvalue weighted by molar-refractivity contribution is -0.385. The minimum Gasteiger partial charge on any atom is -0.371 e. The number of nitrogens with zero attached hydrogens (tertiary/aromatic N) is 1. The van der Waals surface area contributed by atoms with Crippen molar-refractivity contribution in [3.05, 3.63) is 62.1 Å². The maximum atomic E-state index is 12.3. The fourth-order valence-electron chi connectivity index (χ4n) is 1.72. The van der Waals surface area contributed by atoms with E-state index in [2.05, 4.69) is 0 Å². The summed E-state index contributed by atoms with van der Waals surface area (Å²) in [7, 11) is -4.41. The van der Waals surface area contributed by atoms with Crippen LogP contribution in [0.15, 0.2) is 41.3 Å². The standard InChI is InChI=1S/C13H9Cl2NO5S/c1-8-5-6-12(11(7-8)16(17)18)21-22(19,20)13-9(14)3-2-4-10(13)15/h2-7H,1H3. The third-order valence-electron chi connectivity index (χ3n) is 2.68. The zero-order valence-corrected chi connectivity index (χ0v) is 13.4. The molecule has 0 aliphatic rings. The minimum absolute atomic E-state index is 0.137. The van der Waals surface area contributed by atoms with Crippen molar-refractivity contribution in [2.24, 2.45) is 0 Å². The number of aryl methyl sites for hydroxylation is 1. The molecule has 0 unspecified atom stereocenters. The minimum atomic E-state index is -4.41. The Bertz CT molecular complexity index is 831. The molecule has 6 nitrogen and oxygen atoms in total. The molecule has 0 aliphatic heterocycles. The number of halogens is 2. The lowest BCUT2D eigenvalue weighted by Gasteiger charge is -2.10. The monoisotopic (exact) mass is 361 g/mol. The normalized spacial score (nSPS) is 11.2. The van der Waals surface area contributed by atoms with Crippen LogP contribution < -0.4 is 4.18 Å². The van der Waals surface area contributed by atoms with Gasteiger partial charge in [0.05, 0.1) is 15.0 Å². The van der Waals surface area contributed by atoms with Gasteiger partial charge in [0.15, 0.2) is 0 Å². The van der Waals surface area contributed by atoms with Gasteiger partial charge in [-0.2, -0.15) is 8.42 Å². The summed E-state index contributed by atoms with van der Waals surface area (Å²) in [6.07, 6.45) is 0. The molecule has 9 heteroatoms. The van der Waals surface area contributed by atoms with Crippen LogP contribution in [0.2, 0.25) is 10.0 Å². The maximum Gasteiger partial charge on any atom is 0.342 e. The smallest absolute Gasteiger partial charge is 0.342 e. The zero-order chi connectivity index (χ0) is 16.5. The highest BCUT2D eigenvalue weighted by atomic mass is 35.5. The Hall–Kier alpha value is -1.83. The average Bonchev–Trinajstić information content (AvgIpc) is 2.39. The van der Waals surface area contributed by atoms with E-state index < -0.39 is 31.4 Å². The van der Waals surface area contributed by atoms with Gasteiger partial charge in [-0.05, 0) is 30.7 Å². The van der Waals surface area contributed by atoms with Gasteiger partial charge in [-0.25, -0.2) is 0 Å². The molecule has 22 heavy (non-hydrogen) atoms. The van der Waals surface area contributed by atoms with Crippen molar-refractivity contribution in [1.29, 1.82) is 0 Å². The Morgan fingerprint density at radius 2 is 1.73 bits per heavy atom. The lowest BCUT2D eigenvalue weighted by atomic mass is 10.2. The van der Waals surface area contributed by atoms with Crippen LogP contribution in [0.4, 0.5) is 5.69 Å². The summed E-state index contributed by atoms with van der Waals surface area (Å²) in [4.78, 5) is 9.84. The first kappa shape index (κ1) is 16.5. The Morgan fingerprint density at radius 3 is 2.27 bits per heavy atom. The van der Waals surface area contributed by atoms with E-state index in [1.807, 2.05) is 0 Å². The van der Waals surface area contributed by atoms with Crippen LogP contribution in [0.1, 0.15) is 5.56 Å². The molecule has 2 aromatic rings. The van der Waals surface area contributed by atoms with Crippen LogP contribution in [-0.2, 0) is 10.1 Å². The summed E-state index contributed by atoms with van der Waals surface area (Å²) in [6, 6.07) is 8.03. The van der Waals surface area contributed by atoms with E-state index in [-0.39, 0.29) is 10.0 Å². The molecular weight excluding hydrogens is 353 g/mol. The number of benzene rings is 2. The number of nitro groups is 1. The van der Waals surface area contributed by atoms with Gasteiger partial charge in [-0.15, -0.1) is 0 Å². The van der Waals surface area contributed by atoms with E-state index >= 15 is 0 Å². The van der Waals surface area contributed by atoms with Crippen molar-refractivity contribution in [1.82, 2.24) is 0 Å². The maximum absolute atomic E-state index is 12.3. The summed E-state index contributed by atoms with van der Waals surface area (Å²) >= 11 is 11.7. The first-order valence-corrected chi connectivity index (χ1v) is 8.02. The fraction of sp³-hybridized carbons (Fsp3) is 0.0769. The molecule has 0 saturated heterocycles. The van der Waals surface area contributed by atoms with E-state index in [1.54, 1.807) is 6.92 Å². The molecule has 0 atom stereocenters. The molecule has 0 saturated carbocycles. The largest absolute Gasteiger partial charge is 0.371 e. The second kappa shape index (κ2) is 6.12. The van der Waals surface area contributed by atoms with Gasteiger partial charge >= 0.3 is 15.8 Å². The third kappa shape index (κ3) is 3.32. The van der Waals surface area contributed by atoms with Gasteiger partial charge in [0.1, 0.15) is 4.90 Å². The summed E-state index contributed by atoms with van der Waals surface area (Å²) in [5, 5.41) is 10.7. The highest BCUT2D eigenvalue weighted by Crippen LogP contribution is 2.34. The predicted octanol–water partition coefficient (Wildman–Crippen LogP) is 3.98. The van der Waals surface area contributed by atoms with Gasteiger partial charge in [0, 0.05) is 6.07 Å².